The fourth-order valence-corrected chi connectivity index (χ4v) is 4.35. The van der Waals surface area contributed by atoms with Gasteiger partial charge in [-0.15, -0.1) is 0 Å². The number of hydrogen-bond acceptors (Lipinski definition) is 5. The monoisotopic (exact) mass is 460 g/mol. The van der Waals surface area contributed by atoms with E-state index in [1.807, 2.05) is 63.5 Å². The fraction of sp³-hybridized carbons (Fsp3) is 0.333. The third-order valence-corrected chi connectivity index (χ3v) is 6.46. The van der Waals surface area contributed by atoms with Crippen molar-refractivity contribution >= 4 is 17.9 Å². The van der Waals surface area contributed by atoms with E-state index in [0.29, 0.717) is 17.0 Å². The van der Waals surface area contributed by atoms with E-state index in [-0.39, 0.29) is 11.9 Å². The number of carbonyl (C=O) groups excluding carboxylic acids is 2. The molecule has 0 bridgehead atoms. The number of amides is 1. The highest BCUT2D eigenvalue weighted by Crippen LogP contribution is 2.30. The van der Waals surface area contributed by atoms with E-state index >= 15 is 0 Å². The van der Waals surface area contributed by atoms with Gasteiger partial charge in [0.25, 0.3) is 5.91 Å². The number of aldehydes is 1. The molecule has 1 fully saturated rings. The van der Waals surface area contributed by atoms with Crippen molar-refractivity contribution in [3.05, 3.63) is 71.0 Å². The van der Waals surface area contributed by atoms with Crippen molar-refractivity contribution in [2.45, 2.75) is 19.9 Å². The Morgan fingerprint density at radius 2 is 1.88 bits per heavy atom. The van der Waals surface area contributed by atoms with Gasteiger partial charge in [-0.25, -0.2) is 0 Å². The smallest absolute Gasteiger partial charge is 0.252 e. The number of rotatable bonds is 7. The molecule has 1 aliphatic rings. The molecule has 2 heterocycles. The molecule has 2 aromatic carbocycles. The molecule has 0 radical (unpaired) electrons. The van der Waals surface area contributed by atoms with Crippen molar-refractivity contribution in [2.75, 3.05) is 38.2 Å². The molecule has 7 heteroatoms. The van der Waals surface area contributed by atoms with Crippen LogP contribution in [0.2, 0.25) is 0 Å². The molecule has 1 saturated heterocycles. The van der Waals surface area contributed by atoms with Gasteiger partial charge in [-0.1, -0.05) is 6.07 Å². The van der Waals surface area contributed by atoms with Crippen LogP contribution in [0.4, 0.5) is 5.69 Å². The van der Waals surface area contributed by atoms with Crippen LogP contribution in [0.1, 0.15) is 44.9 Å². The third-order valence-electron chi connectivity index (χ3n) is 6.46. The first kappa shape index (κ1) is 23.6. The molecule has 0 aliphatic carbocycles. The minimum atomic E-state index is -0.238. The molecule has 1 atom stereocenters. The van der Waals surface area contributed by atoms with Crippen LogP contribution in [0.15, 0.2) is 48.7 Å². The summed E-state index contributed by atoms with van der Waals surface area (Å²) in [6.45, 7) is 7.68. The summed E-state index contributed by atoms with van der Waals surface area (Å²) in [7, 11) is 3.47. The fourth-order valence-electron chi connectivity index (χ4n) is 4.35. The number of carbonyl (C=O) groups is 2. The molecule has 1 aliphatic heterocycles. The van der Waals surface area contributed by atoms with E-state index in [1.165, 1.54) is 0 Å². The summed E-state index contributed by atoms with van der Waals surface area (Å²) in [4.78, 5) is 26.8. The Kier molecular flexibility index (Phi) is 7.03. The van der Waals surface area contributed by atoms with E-state index in [0.717, 1.165) is 60.4 Å². The predicted octanol–water partition coefficient (Wildman–Crippen LogP) is 3.72. The summed E-state index contributed by atoms with van der Waals surface area (Å²) >= 11 is 0. The quantitative estimate of drug-likeness (QED) is 0.526. The Bertz CT molecular complexity index is 1190. The number of methoxy groups -OCH3 is 1. The molecule has 2 N–H and O–H groups in total. The van der Waals surface area contributed by atoms with Gasteiger partial charge in [0.15, 0.2) is 6.29 Å². The third kappa shape index (κ3) is 4.99. The van der Waals surface area contributed by atoms with Crippen molar-refractivity contribution in [1.82, 2.24) is 15.2 Å². The van der Waals surface area contributed by atoms with Gasteiger partial charge in [-0.3, -0.25) is 9.59 Å². The van der Waals surface area contributed by atoms with Crippen LogP contribution in [-0.2, 0) is 7.05 Å². The van der Waals surface area contributed by atoms with Crippen molar-refractivity contribution < 1.29 is 14.3 Å². The van der Waals surface area contributed by atoms with Crippen LogP contribution in [0, 0.1) is 6.92 Å². The van der Waals surface area contributed by atoms with E-state index < -0.39 is 0 Å². The minimum absolute atomic E-state index is 0.102. The van der Waals surface area contributed by atoms with E-state index in [1.54, 1.807) is 11.7 Å². The number of benzene rings is 2. The standard InChI is InChI=1S/C27H32N4O3/c1-18-5-6-23(31-9-7-28-8-10-31)15-26(18)27(33)29-19(2)20-11-21(14-25(13-20)34-4)22-12-24(17-32)30(3)16-22/h5-6,11-17,19,28H,7-10H2,1-4H3,(H,29,33). The van der Waals surface area contributed by atoms with Crippen molar-refractivity contribution in [3.8, 4) is 16.9 Å². The molecule has 4 rings (SSSR count). The van der Waals surface area contributed by atoms with Crippen LogP contribution < -0.4 is 20.3 Å². The number of aryl methyl sites for hydroxylation is 2. The molecule has 7 nitrogen and oxygen atoms in total. The molecule has 1 aromatic heterocycles. The lowest BCUT2D eigenvalue weighted by Gasteiger charge is -2.30. The first-order valence-electron chi connectivity index (χ1n) is 11.6. The Morgan fingerprint density at radius 3 is 2.56 bits per heavy atom. The molecular weight excluding hydrogens is 428 g/mol. The van der Waals surface area contributed by atoms with Gasteiger partial charge in [0.05, 0.1) is 18.8 Å². The number of piperazine rings is 1. The number of hydrogen-bond donors (Lipinski definition) is 2. The number of nitrogens with one attached hydrogen (secondary N) is 2. The summed E-state index contributed by atoms with van der Waals surface area (Å²) < 4.78 is 7.32. The van der Waals surface area contributed by atoms with Gasteiger partial charge >= 0.3 is 0 Å². The molecule has 3 aromatic rings. The molecular formula is C27H32N4O3. The second-order valence-electron chi connectivity index (χ2n) is 8.81. The highest BCUT2D eigenvalue weighted by molar-refractivity contribution is 5.97. The zero-order valence-electron chi connectivity index (χ0n) is 20.2. The van der Waals surface area contributed by atoms with Gasteiger partial charge in [0, 0.05) is 56.2 Å². The van der Waals surface area contributed by atoms with Crippen LogP contribution >= 0.6 is 0 Å². The lowest BCUT2D eigenvalue weighted by molar-refractivity contribution is 0.0939. The SMILES string of the molecule is COc1cc(-c2cc(C=O)n(C)c2)cc(C(C)NC(=O)c2cc(N3CCNCC3)ccc2C)c1. The van der Waals surface area contributed by atoms with E-state index in [2.05, 4.69) is 21.6 Å². The maximum absolute atomic E-state index is 13.3. The van der Waals surface area contributed by atoms with Crippen LogP contribution in [0.5, 0.6) is 5.75 Å². The maximum atomic E-state index is 13.3. The molecule has 0 saturated carbocycles. The largest absolute Gasteiger partial charge is 0.497 e. The zero-order valence-corrected chi connectivity index (χ0v) is 20.2. The number of aromatic nitrogens is 1. The molecule has 0 spiro atoms. The first-order chi connectivity index (χ1) is 16.4. The second-order valence-corrected chi connectivity index (χ2v) is 8.81. The molecule has 1 amide bonds. The summed E-state index contributed by atoms with van der Waals surface area (Å²) in [5.41, 5.74) is 6.07. The summed E-state index contributed by atoms with van der Waals surface area (Å²) in [6, 6.07) is 13.6. The maximum Gasteiger partial charge on any atom is 0.252 e. The lowest BCUT2D eigenvalue weighted by Crippen LogP contribution is -2.43. The van der Waals surface area contributed by atoms with E-state index in [4.69, 9.17) is 4.74 Å². The number of anilines is 1. The van der Waals surface area contributed by atoms with Crippen molar-refractivity contribution in [3.63, 3.8) is 0 Å². The highest BCUT2D eigenvalue weighted by Gasteiger charge is 2.18. The molecule has 1 unspecified atom stereocenters. The molecule has 34 heavy (non-hydrogen) atoms. The van der Waals surface area contributed by atoms with Crippen molar-refractivity contribution in [1.29, 1.82) is 0 Å². The van der Waals surface area contributed by atoms with Gasteiger partial charge in [0.2, 0.25) is 0 Å². The average molecular weight is 461 g/mol. The topological polar surface area (TPSA) is 75.6 Å². The summed E-state index contributed by atoms with van der Waals surface area (Å²) in [6.07, 6.45) is 2.75. The lowest BCUT2D eigenvalue weighted by atomic mass is 10.00. The predicted molar refractivity (Wildman–Crippen MR) is 135 cm³/mol. The number of ether oxygens (including phenoxy) is 1. The number of nitrogens with zero attached hydrogens (tertiary/aromatic N) is 2. The summed E-state index contributed by atoms with van der Waals surface area (Å²) in [5.74, 6) is 0.594. The van der Waals surface area contributed by atoms with Gasteiger partial charge < -0.3 is 24.8 Å². The van der Waals surface area contributed by atoms with Gasteiger partial charge in [0.1, 0.15) is 5.75 Å². The van der Waals surface area contributed by atoms with Crippen LogP contribution in [0.25, 0.3) is 11.1 Å². The normalized spacial score (nSPS) is 14.5. The van der Waals surface area contributed by atoms with Crippen LogP contribution in [0.3, 0.4) is 0 Å². The Hall–Kier alpha value is -3.58. The van der Waals surface area contributed by atoms with Crippen LogP contribution in [-0.4, -0.2) is 50.0 Å². The van der Waals surface area contributed by atoms with E-state index in [9.17, 15) is 9.59 Å². The van der Waals surface area contributed by atoms with Gasteiger partial charge in [-0.05, 0) is 66.9 Å². The van der Waals surface area contributed by atoms with Gasteiger partial charge in [-0.2, -0.15) is 0 Å². The zero-order chi connectivity index (χ0) is 24.2. The first-order valence-corrected chi connectivity index (χ1v) is 11.6. The Balaban J connectivity index is 1.58. The second kappa shape index (κ2) is 10.1. The highest BCUT2D eigenvalue weighted by atomic mass is 16.5. The average Bonchev–Trinajstić information content (AvgIpc) is 3.25. The van der Waals surface area contributed by atoms with Crippen molar-refractivity contribution in [2.24, 2.45) is 7.05 Å². The minimum Gasteiger partial charge on any atom is -0.497 e. The Morgan fingerprint density at radius 1 is 1.12 bits per heavy atom. The molecule has 178 valence electrons. The summed E-state index contributed by atoms with van der Waals surface area (Å²) in [5, 5.41) is 6.52. The Labute approximate surface area is 200 Å².